The summed E-state index contributed by atoms with van der Waals surface area (Å²) in [6, 6.07) is 17.8. The molecule has 1 saturated heterocycles. The number of carbonyl (C=O) groups is 3. The number of aromatic nitrogens is 1. The maximum absolute atomic E-state index is 13.6. The summed E-state index contributed by atoms with van der Waals surface area (Å²) in [5.41, 5.74) is 2.93. The van der Waals surface area contributed by atoms with Gasteiger partial charge in [-0.15, -0.1) is 0 Å². The lowest BCUT2D eigenvalue weighted by Gasteiger charge is -2.28. The first kappa shape index (κ1) is 24.3. The molecule has 1 fully saturated rings. The smallest absolute Gasteiger partial charge is 0.291 e. The Kier molecular flexibility index (Phi) is 7.36. The van der Waals surface area contributed by atoms with Gasteiger partial charge < -0.3 is 14.5 Å². The number of carbonyl (C=O) groups excluding carboxylic acids is 3. The van der Waals surface area contributed by atoms with Crippen LogP contribution in [0.15, 0.2) is 73.1 Å². The van der Waals surface area contributed by atoms with Crippen molar-refractivity contribution in [3.05, 3.63) is 95.3 Å². The van der Waals surface area contributed by atoms with Gasteiger partial charge in [-0.1, -0.05) is 30.3 Å². The summed E-state index contributed by atoms with van der Waals surface area (Å²) in [4.78, 5) is 47.2. The lowest BCUT2D eigenvalue weighted by molar-refractivity contribution is -0.140. The average Bonchev–Trinajstić information content (AvgIpc) is 3.12. The van der Waals surface area contributed by atoms with Crippen molar-refractivity contribution in [2.75, 3.05) is 27.2 Å². The Labute approximate surface area is 205 Å². The molecule has 7 heteroatoms. The van der Waals surface area contributed by atoms with Gasteiger partial charge in [0.05, 0.1) is 6.04 Å². The Balaban J connectivity index is 1.60. The van der Waals surface area contributed by atoms with Gasteiger partial charge >= 0.3 is 0 Å². The summed E-state index contributed by atoms with van der Waals surface area (Å²) in [6.45, 7) is 3.20. The van der Waals surface area contributed by atoms with Gasteiger partial charge in [0.1, 0.15) is 18.3 Å². The number of amides is 1. The molecule has 1 aromatic heterocycles. The molecule has 35 heavy (non-hydrogen) atoms. The van der Waals surface area contributed by atoms with E-state index >= 15 is 0 Å². The summed E-state index contributed by atoms with van der Waals surface area (Å²) in [6.07, 6.45) is 3.22. The minimum atomic E-state index is -1.11. The number of hydrogen-bond acceptors (Lipinski definition) is 6. The van der Waals surface area contributed by atoms with E-state index in [0.29, 0.717) is 31.0 Å². The van der Waals surface area contributed by atoms with Crippen LogP contribution in [0.3, 0.4) is 0 Å². The van der Waals surface area contributed by atoms with Crippen LogP contribution in [0.2, 0.25) is 0 Å². The van der Waals surface area contributed by atoms with Crippen LogP contribution in [-0.4, -0.2) is 59.4 Å². The molecule has 1 aliphatic rings. The second kappa shape index (κ2) is 10.6. The van der Waals surface area contributed by atoms with E-state index in [2.05, 4.69) is 4.98 Å². The monoisotopic (exact) mass is 471 g/mol. The topological polar surface area (TPSA) is 79.8 Å². The number of hydrogen-bond donors (Lipinski definition) is 0. The number of ether oxygens (including phenoxy) is 1. The summed E-state index contributed by atoms with van der Waals surface area (Å²) in [7, 11) is 3.80. The third kappa shape index (κ3) is 5.30. The number of ketones is 2. The minimum absolute atomic E-state index is 0.347. The predicted molar refractivity (Wildman–Crippen MR) is 132 cm³/mol. The van der Waals surface area contributed by atoms with E-state index in [4.69, 9.17) is 4.74 Å². The summed E-state index contributed by atoms with van der Waals surface area (Å²) in [5.74, 6) is -2.10. The maximum Gasteiger partial charge on any atom is 0.291 e. The van der Waals surface area contributed by atoms with Crippen LogP contribution in [0, 0.1) is 12.8 Å². The van der Waals surface area contributed by atoms with Gasteiger partial charge in [-0.2, -0.15) is 0 Å². The quantitative estimate of drug-likeness (QED) is 0.270. The molecule has 0 radical (unpaired) electrons. The highest BCUT2D eigenvalue weighted by Gasteiger charge is 2.51. The number of rotatable bonds is 9. The predicted octanol–water partition coefficient (Wildman–Crippen LogP) is 3.48. The Morgan fingerprint density at radius 1 is 1.03 bits per heavy atom. The molecule has 2 atom stereocenters. The van der Waals surface area contributed by atoms with Gasteiger partial charge in [0.15, 0.2) is 5.78 Å². The number of aryl methyl sites for hydroxylation is 1. The van der Waals surface area contributed by atoms with Crippen molar-refractivity contribution >= 4 is 17.5 Å². The molecule has 3 aromatic rings. The molecule has 7 nitrogen and oxygen atoms in total. The SMILES string of the molecule is Cc1cc(C(=O)C2C(=O)C(=O)N(CCN(C)C)C2c2ccncc2)ccc1OCc1ccccc1. The Morgan fingerprint density at radius 3 is 2.40 bits per heavy atom. The second-order valence-corrected chi connectivity index (χ2v) is 8.99. The Bertz CT molecular complexity index is 1210. The van der Waals surface area contributed by atoms with E-state index in [9.17, 15) is 14.4 Å². The van der Waals surface area contributed by atoms with E-state index in [-0.39, 0.29) is 5.78 Å². The van der Waals surface area contributed by atoms with E-state index in [1.165, 1.54) is 4.90 Å². The minimum Gasteiger partial charge on any atom is -0.489 e. The van der Waals surface area contributed by atoms with Gasteiger partial charge in [-0.05, 0) is 68.0 Å². The molecule has 0 N–H and O–H groups in total. The lowest BCUT2D eigenvalue weighted by atomic mass is 9.86. The van der Waals surface area contributed by atoms with Gasteiger partial charge in [0.2, 0.25) is 5.78 Å². The fraction of sp³-hybridized carbons (Fsp3) is 0.286. The van der Waals surface area contributed by atoms with Gasteiger partial charge in [-0.25, -0.2) is 0 Å². The van der Waals surface area contributed by atoms with E-state index in [1.807, 2.05) is 56.3 Å². The van der Waals surface area contributed by atoms with Gasteiger partial charge in [0.25, 0.3) is 5.91 Å². The molecule has 4 rings (SSSR count). The molecule has 0 aliphatic carbocycles. The first-order chi connectivity index (χ1) is 16.9. The highest BCUT2D eigenvalue weighted by atomic mass is 16.5. The number of Topliss-reactive ketones (excluding diaryl/α,β-unsaturated/α-hetero) is 2. The van der Waals surface area contributed by atoms with Crippen molar-refractivity contribution in [3.63, 3.8) is 0 Å². The van der Waals surface area contributed by atoms with E-state index < -0.39 is 23.7 Å². The molecular weight excluding hydrogens is 442 g/mol. The fourth-order valence-corrected chi connectivity index (χ4v) is 4.35. The van der Waals surface area contributed by atoms with Crippen molar-refractivity contribution in [1.82, 2.24) is 14.8 Å². The number of likely N-dealkylation sites (N-methyl/N-ethyl adjacent to an activating group) is 1. The number of benzene rings is 2. The molecule has 180 valence electrons. The highest BCUT2D eigenvalue weighted by Crippen LogP contribution is 2.38. The molecule has 2 unspecified atom stereocenters. The Morgan fingerprint density at radius 2 is 1.74 bits per heavy atom. The first-order valence-electron chi connectivity index (χ1n) is 11.6. The van der Waals surface area contributed by atoms with Crippen molar-refractivity contribution in [1.29, 1.82) is 0 Å². The first-order valence-corrected chi connectivity index (χ1v) is 11.6. The molecule has 2 heterocycles. The van der Waals surface area contributed by atoms with Crippen molar-refractivity contribution in [3.8, 4) is 5.75 Å². The molecule has 1 aliphatic heterocycles. The molecule has 1 amide bonds. The van der Waals surface area contributed by atoms with Crippen molar-refractivity contribution in [2.24, 2.45) is 5.92 Å². The third-order valence-corrected chi connectivity index (χ3v) is 6.22. The normalized spacial score (nSPS) is 17.8. The van der Waals surface area contributed by atoms with Crippen molar-refractivity contribution < 1.29 is 19.1 Å². The zero-order chi connectivity index (χ0) is 24.9. The van der Waals surface area contributed by atoms with Gasteiger partial charge in [0, 0.05) is 31.0 Å². The number of pyridine rings is 1. The van der Waals surface area contributed by atoms with E-state index in [1.54, 1.807) is 42.7 Å². The maximum atomic E-state index is 13.6. The third-order valence-electron chi connectivity index (χ3n) is 6.22. The lowest BCUT2D eigenvalue weighted by Crippen LogP contribution is -2.36. The van der Waals surface area contributed by atoms with Crippen LogP contribution in [0.25, 0.3) is 0 Å². The summed E-state index contributed by atoms with van der Waals surface area (Å²) in [5, 5.41) is 0. The zero-order valence-electron chi connectivity index (χ0n) is 20.2. The van der Waals surface area contributed by atoms with Crippen LogP contribution >= 0.6 is 0 Å². The van der Waals surface area contributed by atoms with Gasteiger partial charge in [-0.3, -0.25) is 19.4 Å². The van der Waals surface area contributed by atoms with Crippen LogP contribution in [0.5, 0.6) is 5.75 Å². The van der Waals surface area contributed by atoms with Crippen LogP contribution in [-0.2, 0) is 16.2 Å². The zero-order valence-corrected chi connectivity index (χ0v) is 20.2. The largest absolute Gasteiger partial charge is 0.489 e. The number of likely N-dealkylation sites (tertiary alicyclic amines) is 1. The highest BCUT2D eigenvalue weighted by molar-refractivity contribution is 6.44. The molecule has 0 spiro atoms. The van der Waals surface area contributed by atoms with Crippen LogP contribution in [0.1, 0.15) is 33.1 Å². The van der Waals surface area contributed by atoms with E-state index in [0.717, 1.165) is 16.7 Å². The molecule has 0 saturated carbocycles. The van der Waals surface area contributed by atoms with Crippen LogP contribution in [0.4, 0.5) is 0 Å². The van der Waals surface area contributed by atoms with Crippen molar-refractivity contribution in [2.45, 2.75) is 19.6 Å². The molecule has 2 aromatic carbocycles. The summed E-state index contributed by atoms with van der Waals surface area (Å²) >= 11 is 0. The summed E-state index contributed by atoms with van der Waals surface area (Å²) < 4.78 is 5.93. The molecule has 0 bridgehead atoms. The standard InChI is InChI=1S/C28H29N3O4/c1-19-17-22(9-10-23(19)35-18-20-7-5-4-6-8-20)26(32)24-25(21-11-13-29-14-12-21)31(16-15-30(2)3)28(34)27(24)33/h4-14,17,24-25H,15-16,18H2,1-3H3. The second-order valence-electron chi connectivity index (χ2n) is 8.99. The Hall–Kier alpha value is -3.84. The van der Waals surface area contributed by atoms with Crippen LogP contribution < -0.4 is 4.74 Å². The average molecular weight is 472 g/mol. The fourth-order valence-electron chi connectivity index (χ4n) is 4.35. The molecular formula is C28H29N3O4. The number of nitrogens with zero attached hydrogens (tertiary/aromatic N) is 3.